The molecule has 0 aliphatic carbocycles. The van der Waals surface area contributed by atoms with E-state index in [-0.39, 0.29) is 42.2 Å². The van der Waals surface area contributed by atoms with E-state index in [0.717, 1.165) is 17.5 Å². The highest BCUT2D eigenvalue weighted by Gasteiger charge is 2.71. The molecular formula is C28H34N6O4S. The SMILES string of the molecule is CC[C@H](C)[C@H](CO)N1C(=O)[C@@H]2[C@H]3C(=O)N(C)CC=C[C@H]3S[C@@]23C=CCN(Cn2nnc4ccccc42)C(=O)C13. The molecule has 1 N–H and O–H groups in total. The Kier molecular flexibility index (Phi) is 6.53. The van der Waals surface area contributed by atoms with E-state index in [9.17, 15) is 19.5 Å². The number of hydrogen-bond acceptors (Lipinski definition) is 7. The van der Waals surface area contributed by atoms with Gasteiger partial charge in [-0.25, -0.2) is 4.68 Å². The van der Waals surface area contributed by atoms with Gasteiger partial charge in [0.15, 0.2) is 0 Å². The summed E-state index contributed by atoms with van der Waals surface area (Å²) in [5.74, 6) is -1.79. The van der Waals surface area contributed by atoms with Crippen LogP contribution in [0.3, 0.4) is 0 Å². The third-order valence-corrected chi connectivity index (χ3v) is 10.7. The van der Waals surface area contributed by atoms with Crippen LogP contribution < -0.4 is 0 Å². The lowest BCUT2D eigenvalue weighted by molar-refractivity contribution is -0.148. The molecular weight excluding hydrogens is 516 g/mol. The highest BCUT2D eigenvalue weighted by atomic mass is 32.2. The minimum absolute atomic E-state index is 0.0317. The molecule has 7 atom stereocenters. The van der Waals surface area contributed by atoms with Gasteiger partial charge in [0.1, 0.15) is 18.2 Å². The van der Waals surface area contributed by atoms with Crippen LogP contribution in [0.5, 0.6) is 0 Å². The minimum Gasteiger partial charge on any atom is -0.394 e. The molecule has 1 unspecified atom stereocenters. The van der Waals surface area contributed by atoms with E-state index in [0.29, 0.717) is 13.1 Å². The maximum atomic E-state index is 14.6. The summed E-state index contributed by atoms with van der Waals surface area (Å²) in [6, 6.07) is 6.20. The fraction of sp³-hybridized carbons (Fsp3) is 0.536. The van der Waals surface area contributed by atoms with Gasteiger partial charge >= 0.3 is 0 Å². The molecule has 1 aromatic heterocycles. The minimum atomic E-state index is -0.915. The molecule has 4 aliphatic rings. The van der Waals surface area contributed by atoms with E-state index >= 15 is 0 Å². The van der Waals surface area contributed by atoms with Crippen molar-refractivity contribution in [3.8, 4) is 0 Å². The summed E-state index contributed by atoms with van der Waals surface area (Å²) in [6.07, 6.45) is 8.70. The van der Waals surface area contributed by atoms with Crippen LogP contribution in [-0.4, -0.2) is 101 Å². The number of para-hydroxylation sites is 1. The fourth-order valence-corrected chi connectivity index (χ4v) is 8.73. The Morgan fingerprint density at radius 1 is 1.13 bits per heavy atom. The number of aliphatic hydroxyl groups excluding tert-OH is 1. The first-order valence-electron chi connectivity index (χ1n) is 13.6. The van der Waals surface area contributed by atoms with Gasteiger partial charge in [0, 0.05) is 25.4 Å². The second-order valence-corrected chi connectivity index (χ2v) is 12.5. The number of fused-ring (bicyclic) bond motifs is 3. The van der Waals surface area contributed by atoms with Crippen LogP contribution >= 0.6 is 11.8 Å². The predicted octanol–water partition coefficient (Wildman–Crippen LogP) is 1.52. The summed E-state index contributed by atoms with van der Waals surface area (Å²) in [6.45, 7) is 4.77. The molecule has 206 valence electrons. The third-order valence-electron chi connectivity index (χ3n) is 8.95. The first-order chi connectivity index (χ1) is 18.8. The second kappa shape index (κ2) is 9.78. The summed E-state index contributed by atoms with van der Waals surface area (Å²) in [7, 11) is 1.76. The molecule has 10 nitrogen and oxygen atoms in total. The molecule has 2 fully saturated rings. The number of aliphatic hydroxyl groups is 1. The molecule has 6 rings (SSSR count). The van der Waals surface area contributed by atoms with Crippen molar-refractivity contribution in [3.05, 3.63) is 48.6 Å². The smallest absolute Gasteiger partial charge is 0.248 e. The van der Waals surface area contributed by atoms with Gasteiger partial charge in [-0.3, -0.25) is 14.4 Å². The van der Waals surface area contributed by atoms with Gasteiger partial charge in [0.05, 0.1) is 34.7 Å². The van der Waals surface area contributed by atoms with E-state index in [1.54, 1.807) is 38.2 Å². The lowest BCUT2D eigenvalue weighted by atomic mass is 9.78. The Balaban J connectivity index is 1.45. The molecule has 2 saturated heterocycles. The summed E-state index contributed by atoms with van der Waals surface area (Å²) in [5.41, 5.74) is 1.55. The molecule has 5 heterocycles. The summed E-state index contributed by atoms with van der Waals surface area (Å²) in [4.78, 5) is 47.6. The molecule has 2 aromatic rings. The number of likely N-dealkylation sites (N-methyl/N-ethyl adjacent to an activating group) is 1. The first-order valence-corrected chi connectivity index (χ1v) is 14.5. The molecule has 0 radical (unpaired) electrons. The van der Waals surface area contributed by atoms with Crippen LogP contribution in [0.4, 0.5) is 0 Å². The maximum absolute atomic E-state index is 14.6. The topological polar surface area (TPSA) is 112 Å². The van der Waals surface area contributed by atoms with Crippen LogP contribution in [0.1, 0.15) is 20.3 Å². The van der Waals surface area contributed by atoms with Gasteiger partial charge < -0.3 is 19.8 Å². The van der Waals surface area contributed by atoms with Gasteiger partial charge in [-0.2, -0.15) is 0 Å². The normalized spacial score (nSPS) is 31.8. The molecule has 1 spiro atoms. The number of benzene rings is 1. The van der Waals surface area contributed by atoms with Crippen molar-refractivity contribution in [2.45, 2.75) is 49.0 Å². The van der Waals surface area contributed by atoms with Crippen LogP contribution in [0.15, 0.2) is 48.6 Å². The van der Waals surface area contributed by atoms with Gasteiger partial charge in [0.2, 0.25) is 17.7 Å². The number of thioether (sulfide) groups is 1. The Morgan fingerprint density at radius 2 is 1.92 bits per heavy atom. The van der Waals surface area contributed by atoms with Crippen molar-refractivity contribution >= 4 is 40.5 Å². The second-order valence-electron chi connectivity index (χ2n) is 11.1. The molecule has 3 amide bonds. The number of carbonyl (C=O) groups is 3. The van der Waals surface area contributed by atoms with E-state index in [1.807, 2.05) is 62.4 Å². The standard InChI is InChI=1S/C28H34N6O4S/c1-4-17(2)20(15-35)34-24-27(38)32(16-33-19-10-6-5-9-18(19)29-30-33)14-8-12-28(24)23(26(34)37)22-21(39-28)11-7-13-31(3)25(22)36/h5-12,17,20-24,35H,4,13-16H2,1-3H3/t17-,20-,21+,22-,23-,24?,28-/m0/s1. The van der Waals surface area contributed by atoms with Gasteiger partial charge in [-0.05, 0) is 18.1 Å². The number of carbonyl (C=O) groups excluding carboxylic acids is 3. The third kappa shape index (κ3) is 3.84. The maximum Gasteiger partial charge on any atom is 0.248 e. The molecule has 0 bridgehead atoms. The van der Waals surface area contributed by atoms with Crippen molar-refractivity contribution in [2.24, 2.45) is 17.8 Å². The number of aromatic nitrogens is 3. The van der Waals surface area contributed by atoms with Crippen molar-refractivity contribution in [2.75, 3.05) is 26.7 Å². The molecule has 39 heavy (non-hydrogen) atoms. The van der Waals surface area contributed by atoms with Crippen molar-refractivity contribution < 1.29 is 19.5 Å². The van der Waals surface area contributed by atoms with Crippen molar-refractivity contribution in [1.29, 1.82) is 0 Å². The number of rotatable bonds is 6. The monoisotopic (exact) mass is 550 g/mol. The Labute approximate surface area is 231 Å². The summed E-state index contributed by atoms with van der Waals surface area (Å²) in [5, 5.41) is 18.8. The summed E-state index contributed by atoms with van der Waals surface area (Å²) < 4.78 is 0.782. The average molecular weight is 551 g/mol. The van der Waals surface area contributed by atoms with E-state index in [4.69, 9.17) is 0 Å². The number of likely N-dealkylation sites (tertiary alicyclic amines) is 1. The zero-order valence-electron chi connectivity index (χ0n) is 22.4. The summed E-state index contributed by atoms with van der Waals surface area (Å²) >= 11 is 1.55. The van der Waals surface area contributed by atoms with E-state index in [1.165, 1.54) is 0 Å². The molecule has 4 aliphatic heterocycles. The van der Waals surface area contributed by atoms with E-state index < -0.39 is 28.7 Å². The van der Waals surface area contributed by atoms with Gasteiger partial charge in [-0.15, -0.1) is 16.9 Å². The Morgan fingerprint density at radius 3 is 2.69 bits per heavy atom. The van der Waals surface area contributed by atoms with Crippen molar-refractivity contribution in [3.63, 3.8) is 0 Å². The number of amides is 3. The highest BCUT2D eigenvalue weighted by Crippen LogP contribution is 2.61. The van der Waals surface area contributed by atoms with Crippen LogP contribution in [0.25, 0.3) is 11.0 Å². The van der Waals surface area contributed by atoms with E-state index in [2.05, 4.69) is 10.3 Å². The zero-order valence-corrected chi connectivity index (χ0v) is 23.2. The fourth-order valence-electron chi connectivity index (χ4n) is 6.73. The number of nitrogens with zero attached hydrogens (tertiary/aromatic N) is 6. The molecule has 1 aromatic carbocycles. The van der Waals surface area contributed by atoms with Crippen LogP contribution in [0, 0.1) is 17.8 Å². The van der Waals surface area contributed by atoms with Crippen molar-refractivity contribution in [1.82, 2.24) is 29.7 Å². The van der Waals surface area contributed by atoms with Crippen LogP contribution in [-0.2, 0) is 21.1 Å². The van der Waals surface area contributed by atoms with Gasteiger partial charge in [0.25, 0.3) is 0 Å². The average Bonchev–Trinajstić information content (AvgIpc) is 3.50. The predicted molar refractivity (Wildman–Crippen MR) is 147 cm³/mol. The first kappa shape index (κ1) is 26.1. The number of hydrogen-bond donors (Lipinski definition) is 1. The Hall–Kier alpha value is -3.18. The van der Waals surface area contributed by atoms with Crippen LogP contribution in [0.2, 0.25) is 0 Å². The Bertz CT molecular complexity index is 1370. The zero-order chi connectivity index (χ0) is 27.5. The quantitative estimate of drug-likeness (QED) is 0.543. The van der Waals surface area contributed by atoms with Gasteiger partial charge in [-0.1, -0.05) is 61.9 Å². The lowest BCUT2D eigenvalue weighted by Gasteiger charge is -2.40. The largest absolute Gasteiger partial charge is 0.394 e. The highest BCUT2D eigenvalue weighted by molar-refractivity contribution is 8.02. The lowest BCUT2D eigenvalue weighted by Crippen LogP contribution is -2.58. The molecule has 11 heteroatoms. The molecule has 0 saturated carbocycles.